The standard InChI is InChI=1S/C13H22O3S/c1-9(2)11-6-7-13(12(8-11)16-5)17(14,15)10(3)4/h6-10,14-15H,1-5H3. The van der Waals surface area contributed by atoms with Crippen LogP contribution in [0.25, 0.3) is 0 Å². The lowest BCUT2D eigenvalue weighted by molar-refractivity contribution is 0.395. The third kappa shape index (κ3) is 2.94. The van der Waals surface area contributed by atoms with E-state index in [2.05, 4.69) is 13.8 Å². The fourth-order valence-electron chi connectivity index (χ4n) is 1.55. The Bertz CT molecular complexity index is 386. The van der Waals surface area contributed by atoms with Crippen molar-refractivity contribution in [3.63, 3.8) is 0 Å². The predicted octanol–water partition coefficient (Wildman–Crippen LogP) is 4.34. The SMILES string of the molecule is COc1cc(C(C)C)ccc1S(O)(O)C(C)C. The van der Waals surface area contributed by atoms with Crippen LogP contribution < -0.4 is 4.74 Å². The molecule has 0 spiro atoms. The number of ether oxygens (including phenoxy) is 1. The summed E-state index contributed by atoms with van der Waals surface area (Å²) in [4.78, 5) is 0.499. The van der Waals surface area contributed by atoms with E-state index in [4.69, 9.17) is 4.74 Å². The van der Waals surface area contributed by atoms with Gasteiger partial charge in [0.25, 0.3) is 0 Å². The average molecular weight is 258 g/mol. The van der Waals surface area contributed by atoms with Crippen LogP contribution in [0, 0.1) is 0 Å². The van der Waals surface area contributed by atoms with Crippen molar-refractivity contribution in [2.45, 2.75) is 43.8 Å². The van der Waals surface area contributed by atoms with Crippen molar-refractivity contribution in [2.75, 3.05) is 7.11 Å². The summed E-state index contributed by atoms with van der Waals surface area (Å²) in [6.45, 7) is 7.78. The summed E-state index contributed by atoms with van der Waals surface area (Å²) >= 11 is 0. The highest BCUT2D eigenvalue weighted by atomic mass is 32.3. The fourth-order valence-corrected chi connectivity index (χ4v) is 2.76. The third-order valence-electron chi connectivity index (χ3n) is 2.84. The monoisotopic (exact) mass is 258 g/mol. The molecule has 0 aromatic heterocycles. The van der Waals surface area contributed by atoms with Gasteiger partial charge in [-0.15, -0.1) is 0 Å². The lowest BCUT2D eigenvalue weighted by Gasteiger charge is -2.37. The van der Waals surface area contributed by atoms with Crippen molar-refractivity contribution in [1.82, 2.24) is 0 Å². The smallest absolute Gasteiger partial charge is 0.142 e. The molecule has 0 aliphatic rings. The van der Waals surface area contributed by atoms with E-state index in [0.717, 1.165) is 5.56 Å². The van der Waals surface area contributed by atoms with E-state index in [1.807, 2.05) is 12.1 Å². The van der Waals surface area contributed by atoms with Gasteiger partial charge in [-0.1, -0.05) is 19.9 Å². The number of hydrogen-bond acceptors (Lipinski definition) is 3. The Labute approximate surface area is 105 Å². The van der Waals surface area contributed by atoms with Crippen LogP contribution in [0.3, 0.4) is 0 Å². The number of benzene rings is 1. The molecule has 0 aliphatic carbocycles. The van der Waals surface area contributed by atoms with Gasteiger partial charge in [0.05, 0.1) is 7.11 Å². The van der Waals surface area contributed by atoms with Crippen LogP contribution in [0.15, 0.2) is 23.1 Å². The molecule has 0 saturated heterocycles. The van der Waals surface area contributed by atoms with E-state index in [1.54, 1.807) is 27.0 Å². The van der Waals surface area contributed by atoms with Gasteiger partial charge in [0.2, 0.25) is 0 Å². The molecule has 4 heteroatoms. The van der Waals surface area contributed by atoms with Gasteiger partial charge in [-0.2, -0.15) is 10.6 Å². The van der Waals surface area contributed by atoms with Crippen LogP contribution in [0.1, 0.15) is 39.2 Å². The van der Waals surface area contributed by atoms with Gasteiger partial charge in [-0.25, -0.2) is 0 Å². The zero-order valence-electron chi connectivity index (χ0n) is 11.1. The summed E-state index contributed by atoms with van der Waals surface area (Å²) in [5.74, 6) is 0.948. The second-order valence-corrected chi connectivity index (χ2v) is 7.28. The van der Waals surface area contributed by atoms with Crippen LogP contribution in [0.2, 0.25) is 0 Å². The van der Waals surface area contributed by atoms with Gasteiger partial charge in [-0.05, 0) is 37.5 Å². The highest BCUT2D eigenvalue weighted by Crippen LogP contribution is 2.56. The second kappa shape index (κ2) is 5.29. The van der Waals surface area contributed by atoms with E-state index in [9.17, 15) is 9.11 Å². The topological polar surface area (TPSA) is 49.7 Å². The van der Waals surface area contributed by atoms with Gasteiger partial charge in [0, 0.05) is 5.25 Å². The maximum absolute atomic E-state index is 10.2. The molecule has 98 valence electrons. The fraction of sp³-hybridized carbons (Fsp3) is 0.538. The van der Waals surface area contributed by atoms with Crippen molar-refractivity contribution in [2.24, 2.45) is 0 Å². The van der Waals surface area contributed by atoms with Crippen molar-refractivity contribution in [1.29, 1.82) is 0 Å². The normalized spacial score (nSPS) is 13.2. The van der Waals surface area contributed by atoms with E-state index in [-0.39, 0.29) is 5.25 Å². The van der Waals surface area contributed by atoms with Crippen molar-refractivity contribution < 1.29 is 13.8 Å². The minimum atomic E-state index is -2.79. The lowest BCUT2D eigenvalue weighted by Crippen LogP contribution is -2.12. The average Bonchev–Trinajstić information content (AvgIpc) is 2.27. The highest BCUT2D eigenvalue weighted by molar-refractivity contribution is 8.24. The van der Waals surface area contributed by atoms with Gasteiger partial charge in [-0.3, -0.25) is 9.11 Å². The molecule has 0 heterocycles. The molecule has 1 aromatic rings. The van der Waals surface area contributed by atoms with Gasteiger partial charge >= 0.3 is 0 Å². The first-order chi connectivity index (χ1) is 7.80. The van der Waals surface area contributed by atoms with Crippen molar-refractivity contribution >= 4 is 10.6 Å². The molecular weight excluding hydrogens is 236 g/mol. The zero-order valence-corrected chi connectivity index (χ0v) is 11.9. The van der Waals surface area contributed by atoms with Crippen molar-refractivity contribution in [3.8, 4) is 5.75 Å². The molecule has 0 bridgehead atoms. The summed E-state index contributed by atoms with van der Waals surface area (Å²) in [5, 5.41) is -0.221. The molecule has 0 saturated carbocycles. The van der Waals surface area contributed by atoms with Gasteiger partial charge in [0.15, 0.2) is 0 Å². The van der Waals surface area contributed by atoms with Crippen molar-refractivity contribution in [3.05, 3.63) is 23.8 Å². The molecule has 1 rings (SSSR count). The second-order valence-electron chi connectivity index (χ2n) is 4.71. The van der Waals surface area contributed by atoms with Gasteiger partial charge < -0.3 is 4.74 Å². The Hall–Kier alpha value is -0.710. The quantitative estimate of drug-likeness (QED) is 0.844. The maximum atomic E-state index is 10.2. The Balaban J connectivity index is 3.26. The lowest BCUT2D eigenvalue weighted by atomic mass is 10.0. The molecular formula is C13H22O3S. The molecule has 0 amide bonds. The van der Waals surface area contributed by atoms with E-state index < -0.39 is 10.6 Å². The van der Waals surface area contributed by atoms with E-state index in [1.165, 1.54) is 0 Å². The maximum Gasteiger partial charge on any atom is 0.142 e. The van der Waals surface area contributed by atoms with Crippen LogP contribution in [0.4, 0.5) is 0 Å². The van der Waals surface area contributed by atoms with Crippen LogP contribution in [-0.2, 0) is 0 Å². The number of rotatable bonds is 4. The first-order valence-electron chi connectivity index (χ1n) is 5.75. The zero-order chi connectivity index (χ0) is 13.2. The summed E-state index contributed by atoms with van der Waals surface area (Å²) in [5.41, 5.74) is 1.13. The number of hydrogen-bond donors (Lipinski definition) is 2. The molecule has 1 aromatic carbocycles. The minimum absolute atomic E-state index is 0.221. The van der Waals surface area contributed by atoms with Crippen LogP contribution in [-0.4, -0.2) is 21.5 Å². The first-order valence-corrected chi connectivity index (χ1v) is 7.36. The molecule has 3 nitrogen and oxygen atoms in total. The molecule has 2 N–H and O–H groups in total. The molecule has 0 unspecified atom stereocenters. The molecule has 0 aliphatic heterocycles. The highest BCUT2D eigenvalue weighted by Gasteiger charge is 2.24. The van der Waals surface area contributed by atoms with Gasteiger partial charge in [0.1, 0.15) is 10.6 Å². The summed E-state index contributed by atoms with van der Waals surface area (Å²) in [7, 11) is -1.23. The van der Waals surface area contributed by atoms with Crippen LogP contribution >= 0.6 is 10.6 Å². The Morgan fingerprint density at radius 1 is 1.12 bits per heavy atom. The minimum Gasteiger partial charge on any atom is -0.495 e. The molecule has 0 atom stereocenters. The molecule has 0 radical (unpaired) electrons. The molecule has 0 fully saturated rings. The van der Waals surface area contributed by atoms with E-state index >= 15 is 0 Å². The molecule has 17 heavy (non-hydrogen) atoms. The van der Waals surface area contributed by atoms with Crippen LogP contribution in [0.5, 0.6) is 5.75 Å². The largest absolute Gasteiger partial charge is 0.495 e. The Kier molecular flexibility index (Phi) is 4.47. The van der Waals surface area contributed by atoms with E-state index in [0.29, 0.717) is 16.6 Å². The first kappa shape index (κ1) is 14.4. The third-order valence-corrected chi connectivity index (χ3v) is 5.13. The number of methoxy groups -OCH3 is 1. The summed E-state index contributed by atoms with van der Waals surface area (Å²) < 4.78 is 25.6. The summed E-state index contributed by atoms with van der Waals surface area (Å²) in [6.07, 6.45) is 0. The Morgan fingerprint density at radius 2 is 1.71 bits per heavy atom. The summed E-state index contributed by atoms with van der Waals surface area (Å²) in [6, 6.07) is 5.58. The Morgan fingerprint density at radius 3 is 2.12 bits per heavy atom. The predicted molar refractivity (Wildman–Crippen MR) is 73.3 cm³/mol.